The molecule has 6 heteroatoms. The average molecular weight is 247 g/mol. The number of carbonyl (C=O) groups is 1. The molecule has 1 saturated heterocycles. The van der Waals surface area contributed by atoms with Crippen LogP contribution in [-0.4, -0.2) is 22.5 Å². The molecule has 2 heterocycles. The number of aryl methyl sites for hydroxylation is 1. The van der Waals surface area contributed by atoms with Gasteiger partial charge >= 0.3 is 0 Å². The Morgan fingerprint density at radius 2 is 2.35 bits per heavy atom. The van der Waals surface area contributed by atoms with Crippen LogP contribution in [0.4, 0.5) is 5.69 Å². The minimum Gasteiger partial charge on any atom is -0.441 e. The molecule has 86 valence electrons. The first-order valence-electron chi connectivity index (χ1n) is 5.13. The van der Waals surface area contributed by atoms with Crippen LogP contribution in [0.15, 0.2) is 22.6 Å². The minimum atomic E-state index is -0.0606. The van der Waals surface area contributed by atoms with E-state index in [0.717, 1.165) is 5.52 Å². The van der Waals surface area contributed by atoms with Crippen molar-refractivity contribution in [2.75, 3.05) is 11.4 Å². The Morgan fingerprint density at radius 3 is 3.06 bits per heavy atom. The zero-order valence-electron chi connectivity index (χ0n) is 9.06. The van der Waals surface area contributed by atoms with Gasteiger partial charge in [0.1, 0.15) is 5.52 Å². The van der Waals surface area contributed by atoms with Gasteiger partial charge in [-0.2, -0.15) is 0 Å². The summed E-state index contributed by atoms with van der Waals surface area (Å²) in [5, 5.41) is 3.26. The summed E-state index contributed by atoms with van der Waals surface area (Å²) in [5.41, 5.74) is 2.14. The van der Waals surface area contributed by atoms with Gasteiger partial charge in [0.05, 0.1) is 12.2 Å². The molecule has 0 bridgehead atoms. The zero-order valence-corrected chi connectivity index (χ0v) is 9.87. The van der Waals surface area contributed by atoms with Gasteiger partial charge in [0.2, 0.25) is 0 Å². The van der Waals surface area contributed by atoms with Gasteiger partial charge < -0.3 is 9.73 Å². The molecule has 0 saturated carbocycles. The fourth-order valence-corrected chi connectivity index (χ4v) is 2.13. The topological polar surface area (TPSA) is 58.4 Å². The quantitative estimate of drug-likeness (QED) is 0.771. The molecule has 1 aromatic carbocycles. The second kappa shape index (κ2) is 3.53. The first kappa shape index (κ1) is 10.2. The smallest absolute Gasteiger partial charge is 0.252 e. The monoisotopic (exact) mass is 247 g/mol. The second-order valence-corrected chi connectivity index (χ2v) is 4.16. The summed E-state index contributed by atoms with van der Waals surface area (Å²) in [6, 6.07) is 5.38. The van der Waals surface area contributed by atoms with Crippen molar-refractivity contribution >= 4 is 40.0 Å². The summed E-state index contributed by atoms with van der Waals surface area (Å²) < 4.78 is 5.38. The molecule has 0 radical (unpaired) electrons. The van der Waals surface area contributed by atoms with E-state index in [-0.39, 0.29) is 12.5 Å². The van der Waals surface area contributed by atoms with Crippen molar-refractivity contribution in [1.82, 2.24) is 10.3 Å². The van der Waals surface area contributed by atoms with E-state index in [2.05, 4.69) is 10.3 Å². The average Bonchev–Trinajstić information content (AvgIpc) is 2.80. The standard InChI is InChI=1S/C11H9N3O2S/c1-6-13-8-4-7(2-3-9(8)16-6)14-10(15)5-12-11(14)17/h2-4H,5H2,1H3,(H,12,17). The Bertz CT molecular complexity index is 619. The lowest BCUT2D eigenvalue weighted by Crippen LogP contribution is -2.30. The number of anilines is 1. The lowest BCUT2D eigenvalue weighted by atomic mass is 10.2. The van der Waals surface area contributed by atoms with E-state index in [1.165, 1.54) is 4.90 Å². The molecule has 17 heavy (non-hydrogen) atoms. The molecular weight excluding hydrogens is 238 g/mol. The highest BCUT2D eigenvalue weighted by molar-refractivity contribution is 7.80. The number of nitrogens with zero attached hydrogens (tertiary/aromatic N) is 2. The van der Waals surface area contributed by atoms with Gasteiger partial charge in [0, 0.05) is 6.92 Å². The van der Waals surface area contributed by atoms with Crippen LogP contribution in [0.1, 0.15) is 5.89 Å². The van der Waals surface area contributed by atoms with Gasteiger partial charge in [0.25, 0.3) is 5.91 Å². The van der Waals surface area contributed by atoms with Crippen LogP contribution < -0.4 is 10.2 Å². The third-order valence-electron chi connectivity index (χ3n) is 2.58. The molecular formula is C11H9N3O2S. The molecule has 1 aromatic heterocycles. The first-order chi connectivity index (χ1) is 8.15. The maximum atomic E-state index is 11.7. The van der Waals surface area contributed by atoms with Gasteiger partial charge in [-0.05, 0) is 30.4 Å². The summed E-state index contributed by atoms with van der Waals surface area (Å²) in [7, 11) is 0. The van der Waals surface area contributed by atoms with E-state index < -0.39 is 0 Å². The molecule has 1 aliphatic heterocycles. The number of nitrogens with one attached hydrogen (secondary N) is 1. The maximum Gasteiger partial charge on any atom is 0.252 e. The van der Waals surface area contributed by atoms with E-state index in [0.29, 0.717) is 22.3 Å². The number of hydrogen-bond donors (Lipinski definition) is 1. The van der Waals surface area contributed by atoms with E-state index in [1.807, 2.05) is 0 Å². The zero-order chi connectivity index (χ0) is 12.0. The van der Waals surface area contributed by atoms with Crippen LogP contribution in [0.5, 0.6) is 0 Å². The highest BCUT2D eigenvalue weighted by atomic mass is 32.1. The maximum absolute atomic E-state index is 11.7. The third kappa shape index (κ3) is 1.57. The summed E-state index contributed by atoms with van der Waals surface area (Å²) >= 11 is 5.08. The summed E-state index contributed by atoms with van der Waals surface area (Å²) in [6.07, 6.45) is 0. The van der Waals surface area contributed by atoms with E-state index in [1.54, 1.807) is 25.1 Å². The van der Waals surface area contributed by atoms with Gasteiger partial charge in [-0.1, -0.05) is 0 Å². The molecule has 0 atom stereocenters. The van der Waals surface area contributed by atoms with Gasteiger partial charge in [-0.3, -0.25) is 9.69 Å². The molecule has 1 amide bonds. The summed E-state index contributed by atoms with van der Waals surface area (Å²) in [6.45, 7) is 2.03. The Balaban J connectivity index is 2.11. The number of carbonyl (C=O) groups excluding carboxylic acids is 1. The molecule has 2 aromatic rings. The summed E-state index contributed by atoms with van der Waals surface area (Å²) in [5.74, 6) is 0.542. The molecule has 0 unspecified atom stereocenters. The van der Waals surface area contributed by atoms with Crippen molar-refractivity contribution in [3.8, 4) is 0 Å². The van der Waals surface area contributed by atoms with Crippen LogP contribution in [0.2, 0.25) is 0 Å². The number of oxazole rings is 1. The number of hydrogen-bond acceptors (Lipinski definition) is 4. The van der Waals surface area contributed by atoms with E-state index >= 15 is 0 Å². The number of benzene rings is 1. The van der Waals surface area contributed by atoms with Crippen LogP contribution in [0, 0.1) is 6.92 Å². The predicted octanol–water partition coefficient (Wildman–Crippen LogP) is 1.36. The highest BCUT2D eigenvalue weighted by Gasteiger charge is 2.27. The number of rotatable bonds is 1. The molecule has 3 rings (SSSR count). The Kier molecular flexibility index (Phi) is 2.12. The van der Waals surface area contributed by atoms with Crippen LogP contribution in [-0.2, 0) is 4.79 Å². The Morgan fingerprint density at radius 1 is 1.53 bits per heavy atom. The van der Waals surface area contributed by atoms with Gasteiger partial charge in [-0.25, -0.2) is 4.98 Å². The van der Waals surface area contributed by atoms with Gasteiger partial charge in [0.15, 0.2) is 16.6 Å². The number of amides is 1. The summed E-state index contributed by atoms with van der Waals surface area (Å²) in [4.78, 5) is 17.4. The van der Waals surface area contributed by atoms with E-state index in [9.17, 15) is 4.79 Å². The lowest BCUT2D eigenvalue weighted by molar-refractivity contribution is -0.115. The molecule has 1 aliphatic rings. The minimum absolute atomic E-state index is 0.0606. The normalized spacial score (nSPS) is 15.7. The van der Waals surface area contributed by atoms with Crippen LogP contribution in [0.25, 0.3) is 11.1 Å². The fraction of sp³-hybridized carbons (Fsp3) is 0.182. The van der Waals surface area contributed by atoms with Crippen molar-refractivity contribution in [1.29, 1.82) is 0 Å². The molecule has 1 N–H and O–H groups in total. The van der Waals surface area contributed by atoms with Crippen LogP contribution in [0.3, 0.4) is 0 Å². The largest absolute Gasteiger partial charge is 0.441 e. The predicted molar refractivity (Wildman–Crippen MR) is 66.8 cm³/mol. The third-order valence-corrected chi connectivity index (χ3v) is 2.91. The number of thiocarbonyl (C=S) groups is 1. The highest BCUT2D eigenvalue weighted by Crippen LogP contribution is 2.24. The molecule has 0 aliphatic carbocycles. The first-order valence-corrected chi connectivity index (χ1v) is 5.54. The van der Waals surface area contributed by atoms with Crippen molar-refractivity contribution in [2.24, 2.45) is 0 Å². The SMILES string of the molecule is Cc1nc2cc(N3C(=O)CNC3=S)ccc2o1. The second-order valence-electron chi connectivity index (χ2n) is 3.77. The Labute approximate surface area is 102 Å². The van der Waals surface area contributed by atoms with Crippen LogP contribution >= 0.6 is 12.2 Å². The molecule has 1 fully saturated rings. The van der Waals surface area contributed by atoms with Crippen molar-refractivity contribution in [3.63, 3.8) is 0 Å². The van der Waals surface area contributed by atoms with Crippen molar-refractivity contribution in [3.05, 3.63) is 24.1 Å². The van der Waals surface area contributed by atoms with E-state index in [4.69, 9.17) is 16.6 Å². The molecule has 0 spiro atoms. The van der Waals surface area contributed by atoms with Gasteiger partial charge in [-0.15, -0.1) is 0 Å². The fourth-order valence-electron chi connectivity index (χ4n) is 1.85. The van der Waals surface area contributed by atoms with Crippen molar-refractivity contribution in [2.45, 2.75) is 6.92 Å². The Hall–Kier alpha value is -1.95. The number of aromatic nitrogens is 1. The molecule has 5 nitrogen and oxygen atoms in total. The number of fused-ring (bicyclic) bond motifs is 1. The van der Waals surface area contributed by atoms with Crippen molar-refractivity contribution < 1.29 is 9.21 Å². The lowest BCUT2D eigenvalue weighted by Gasteiger charge is -2.13.